The van der Waals surface area contributed by atoms with Crippen LogP contribution in [0.2, 0.25) is 0 Å². The summed E-state index contributed by atoms with van der Waals surface area (Å²) in [6.07, 6.45) is 6.45. The van der Waals surface area contributed by atoms with E-state index < -0.39 is 5.41 Å². The average molecular weight is 515 g/mol. The lowest BCUT2D eigenvalue weighted by atomic mass is 9.64. The molecule has 0 aromatic heterocycles. The minimum atomic E-state index is -0.510. The van der Waals surface area contributed by atoms with Gasteiger partial charge in [0.15, 0.2) is 0 Å². The van der Waals surface area contributed by atoms with Gasteiger partial charge >= 0.3 is 0 Å². The van der Waals surface area contributed by atoms with Crippen molar-refractivity contribution in [1.29, 1.82) is 0 Å². The normalized spacial score (nSPS) is 12.2. The average Bonchev–Trinajstić information content (AvgIpc) is 2.93. The van der Waals surface area contributed by atoms with Gasteiger partial charge in [0.1, 0.15) is 12.4 Å². The van der Waals surface area contributed by atoms with E-state index in [4.69, 9.17) is 11.2 Å². The zero-order chi connectivity index (χ0) is 28.3. The van der Waals surface area contributed by atoms with Gasteiger partial charge in [0.25, 0.3) is 0 Å². The van der Waals surface area contributed by atoms with Crippen molar-refractivity contribution in [3.05, 3.63) is 136 Å². The number of hydrogen-bond donors (Lipinski definition) is 0. The number of benzene rings is 4. The zero-order valence-corrected chi connectivity index (χ0v) is 24.6. The van der Waals surface area contributed by atoms with Gasteiger partial charge in [-0.3, -0.25) is 0 Å². The van der Waals surface area contributed by atoms with Crippen molar-refractivity contribution in [2.24, 2.45) is 0 Å². The van der Waals surface area contributed by atoms with Crippen molar-refractivity contribution in [3.63, 3.8) is 0 Å². The third kappa shape index (κ3) is 5.81. The van der Waals surface area contributed by atoms with Gasteiger partial charge < -0.3 is 4.74 Å². The van der Waals surface area contributed by atoms with E-state index in [-0.39, 0.29) is 17.4 Å². The highest BCUT2D eigenvalue weighted by atomic mass is 16.5. The number of aryl methyl sites for hydroxylation is 1. The summed E-state index contributed by atoms with van der Waals surface area (Å²) in [5.74, 6) is 3.34. The lowest BCUT2D eigenvalue weighted by Crippen LogP contribution is -2.31. The summed E-state index contributed by atoms with van der Waals surface area (Å²) in [6, 6.07) is 36.0. The molecule has 0 saturated heterocycles. The Balaban J connectivity index is 2.03. The second kappa shape index (κ2) is 11.2. The molecule has 1 nitrogen and oxygen atoms in total. The summed E-state index contributed by atoms with van der Waals surface area (Å²) in [5, 5.41) is 0. The van der Waals surface area contributed by atoms with E-state index in [1.165, 1.54) is 38.9 Å². The molecule has 0 radical (unpaired) electrons. The van der Waals surface area contributed by atoms with Gasteiger partial charge in [-0.15, -0.1) is 6.42 Å². The zero-order valence-electron chi connectivity index (χ0n) is 24.6. The summed E-state index contributed by atoms with van der Waals surface area (Å²) in [6.45, 7) is 16.0. The summed E-state index contributed by atoms with van der Waals surface area (Å²) in [5.41, 5.74) is 8.52. The molecular formula is C38H42O. The third-order valence-electron chi connectivity index (χ3n) is 7.77. The molecule has 200 valence electrons. The fourth-order valence-corrected chi connectivity index (χ4v) is 5.36. The summed E-state index contributed by atoms with van der Waals surface area (Å²) < 4.78 is 5.74. The van der Waals surface area contributed by atoms with E-state index in [0.717, 1.165) is 12.2 Å². The first kappa shape index (κ1) is 28.3. The second-order valence-corrected chi connectivity index (χ2v) is 12.5. The molecule has 0 spiro atoms. The monoisotopic (exact) mass is 514 g/mol. The third-order valence-corrected chi connectivity index (χ3v) is 7.77. The molecule has 0 bridgehead atoms. The number of rotatable bonds is 7. The lowest BCUT2D eigenvalue weighted by molar-refractivity contribution is 0.370. The largest absolute Gasteiger partial charge is 0.481 e. The Bertz CT molecular complexity index is 1340. The SMILES string of the molecule is C#CCOc1ccc(C(c2ccc(CC)cc2)(c2ccc(C(C)(C)C)cc2)c2ccc(C(C)(C)C)cc2)cc1. The predicted molar refractivity (Wildman–Crippen MR) is 166 cm³/mol. The van der Waals surface area contributed by atoms with E-state index in [1.807, 2.05) is 12.1 Å². The first-order chi connectivity index (χ1) is 18.5. The number of ether oxygens (including phenoxy) is 1. The maximum atomic E-state index is 5.74. The van der Waals surface area contributed by atoms with Crippen LogP contribution in [0.4, 0.5) is 0 Å². The molecule has 4 aromatic carbocycles. The van der Waals surface area contributed by atoms with Gasteiger partial charge in [-0.05, 0) is 68.3 Å². The Morgan fingerprint density at radius 3 is 1.21 bits per heavy atom. The standard InChI is InChI=1S/C38H42O/c1-9-27-39-35-25-23-34(24-26-35)38(31-13-11-28(10-2)12-14-31,32-19-15-29(16-20-32)36(3,4)5)33-21-17-30(18-22-33)37(6,7)8/h1,11-26H,10,27H2,2-8H3. The van der Waals surface area contributed by atoms with Gasteiger partial charge in [-0.1, -0.05) is 139 Å². The quantitative estimate of drug-likeness (QED) is 0.176. The second-order valence-electron chi connectivity index (χ2n) is 12.5. The van der Waals surface area contributed by atoms with Crippen LogP contribution < -0.4 is 4.74 Å². The molecule has 1 heteroatoms. The molecule has 0 unspecified atom stereocenters. The highest BCUT2D eigenvalue weighted by Gasteiger charge is 2.39. The highest BCUT2D eigenvalue weighted by Crippen LogP contribution is 2.46. The van der Waals surface area contributed by atoms with Crippen LogP contribution in [0.5, 0.6) is 5.75 Å². The molecule has 4 rings (SSSR count). The summed E-state index contributed by atoms with van der Waals surface area (Å²) >= 11 is 0. The van der Waals surface area contributed by atoms with Crippen molar-refractivity contribution >= 4 is 0 Å². The van der Waals surface area contributed by atoms with Crippen LogP contribution in [0.1, 0.15) is 87.4 Å². The van der Waals surface area contributed by atoms with Gasteiger partial charge in [0, 0.05) is 0 Å². The van der Waals surface area contributed by atoms with Gasteiger partial charge in [-0.2, -0.15) is 0 Å². The minimum Gasteiger partial charge on any atom is -0.481 e. The van der Waals surface area contributed by atoms with Crippen LogP contribution in [-0.4, -0.2) is 6.61 Å². The predicted octanol–water partition coefficient (Wildman–Crippen LogP) is 9.24. The highest BCUT2D eigenvalue weighted by molar-refractivity contribution is 5.61. The first-order valence-corrected chi connectivity index (χ1v) is 14.0. The van der Waals surface area contributed by atoms with E-state index in [9.17, 15) is 0 Å². The van der Waals surface area contributed by atoms with Crippen LogP contribution in [0.25, 0.3) is 0 Å². The topological polar surface area (TPSA) is 9.23 Å². The lowest BCUT2D eigenvalue weighted by Gasteiger charge is -2.38. The molecule has 0 aliphatic rings. The molecule has 0 atom stereocenters. The fraction of sp³-hybridized carbons (Fsp3) is 0.316. The molecule has 0 amide bonds. The fourth-order valence-electron chi connectivity index (χ4n) is 5.36. The Hall–Kier alpha value is -3.76. The van der Waals surface area contributed by atoms with Crippen LogP contribution >= 0.6 is 0 Å². The molecule has 0 heterocycles. The van der Waals surface area contributed by atoms with E-state index in [2.05, 4.69) is 139 Å². The Morgan fingerprint density at radius 1 is 0.538 bits per heavy atom. The molecular weight excluding hydrogens is 472 g/mol. The van der Waals surface area contributed by atoms with Crippen LogP contribution in [0.15, 0.2) is 97.1 Å². The van der Waals surface area contributed by atoms with Crippen molar-refractivity contribution in [2.45, 2.75) is 71.1 Å². The van der Waals surface area contributed by atoms with E-state index in [0.29, 0.717) is 0 Å². The molecule has 0 N–H and O–H groups in total. The Kier molecular flexibility index (Phi) is 8.08. The first-order valence-electron chi connectivity index (χ1n) is 14.0. The molecule has 39 heavy (non-hydrogen) atoms. The molecule has 4 aromatic rings. The van der Waals surface area contributed by atoms with E-state index in [1.54, 1.807) is 0 Å². The van der Waals surface area contributed by atoms with Crippen LogP contribution in [0, 0.1) is 12.3 Å². The maximum absolute atomic E-state index is 5.74. The van der Waals surface area contributed by atoms with Crippen molar-refractivity contribution in [2.75, 3.05) is 6.61 Å². The number of hydrogen-bond acceptors (Lipinski definition) is 1. The van der Waals surface area contributed by atoms with Gasteiger partial charge in [0.2, 0.25) is 0 Å². The summed E-state index contributed by atoms with van der Waals surface area (Å²) in [4.78, 5) is 0. The van der Waals surface area contributed by atoms with Gasteiger partial charge in [-0.25, -0.2) is 0 Å². The molecule has 0 fully saturated rings. The van der Waals surface area contributed by atoms with Crippen LogP contribution in [0.3, 0.4) is 0 Å². The van der Waals surface area contributed by atoms with Gasteiger partial charge in [0.05, 0.1) is 5.41 Å². The minimum absolute atomic E-state index is 0.0777. The van der Waals surface area contributed by atoms with Crippen LogP contribution in [-0.2, 0) is 22.7 Å². The van der Waals surface area contributed by atoms with Crippen molar-refractivity contribution < 1.29 is 4.74 Å². The maximum Gasteiger partial charge on any atom is 0.148 e. The Morgan fingerprint density at radius 2 is 0.872 bits per heavy atom. The van der Waals surface area contributed by atoms with Crippen molar-refractivity contribution in [3.8, 4) is 18.1 Å². The Labute approximate surface area is 236 Å². The van der Waals surface area contributed by atoms with Crippen molar-refractivity contribution in [1.82, 2.24) is 0 Å². The molecule has 0 saturated carbocycles. The summed E-state index contributed by atoms with van der Waals surface area (Å²) in [7, 11) is 0. The smallest absolute Gasteiger partial charge is 0.148 e. The molecule has 0 aliphatic carbocycles. The molecule has 0 aliphatic heterocycles. The van der Waals surface area contributed by atoms with E-state index >= 15 is 0 Å². The number of terminal acetylenes is 1.